The molecule has 3 nitrogen and oxygen atoms in total. The Morgan fingerprint density at radius 2 is 2.44 bits per heavy atom. The van der Waals surface area contributed by atoms with Crippen LogP contribution >= 0.6 is 0 Å². The van der Waals surface area contributed by atoms with E-state index in [2.05, 4.69) is 4.98 Å². The number of hydrogen-bond acceptors (Lipinski definition) is 3. The van der Waals surface area contributed by atoms with Crippen molar-refractivity contribution in [1.29, 1.82) is 0 Å². The van der Waals surface area contributed by atoms with Crippen LogP contribution in [0.3, 0.4) is 0 Å². The van der Waals surface area contributed by atoms with Crippen molar-refractivity contribution >= 4 is 9.92 Å². The second-order valence-corrected chi connectivity index (χ2v) is 2.98. The summed E-state index contributed by atoms with van der Waals surface area (Å²) >= 11 is 0. The molecule has 0 bridgehead atoms. The minimum Gasteiger partial charge on any atom is -0.409 e. The summed E-state index contributed by atoms with van der Waals surface area (Å²) in [6.07, 6.45) is 1.06. The summed E-state index contributed by atoms with van der Waals surface area (Å²) in [6, 6.07) is 0. The standard InChI is InChI=1S/C5H16N2OSi/c1-2-8-9-7-5-3-4-6/h7H,2-6,9H2,1H3. The van der Waals surface area contributed by atoms with Gasteiger partial charge >= 0.3 is 0 Å². The van der Waals surface area contributed by atoms with Gasteiger partial charge in [-0.25, -0.2) is 0 Å². The highest BCUT2D eigenvalue weighted by atomic mass is 28.2. The van der Waals surface area contributed by atoms with E-state index in [1.807, 2.05) is 6.92 Å². The van der Waals surface area contributed by atoms with Crippen molar-refractivity contribution in [1.82, 2.24) is 4.98 Å². The summed E-state index contributed by atoms with van der Waals surface area (Å²) in [4.78, 5) is 3.22. The molecule has 56 valence electrons. The van der Waals surface area contributed by atoms with Gasteiger partial charge < -0.3 is 15.1 Å². The number of nitrogens with two attached hydrogens (primary N) is 1. The number of hydrogen-bond donors (Lipinski definition) is 2. The van der Waals surface area contributed by atoms with Crippen LogP contribution in [0.25, 0.3) is 0 Å². The van der Waals surface area contributed by atoms with Gasteiger partial charge in [0.15, 0.2) is 0 Å². The monoisotopic (exact) mass is 148 g/mol. The van der Waals surface area contributed by atoms with Crippen molar-refractivity contribution in [3.8, 4) is 0 Å². The summed E-state index contributed by atoms with van der Waals surface area (Å²) in [6.45, 7) is 4.63. The van der Waals surface area contributed by atoms with E-state index in [1.54, 1.807) is 0 Å². The zero-order valence-corrected chi connectivity index (χ0v) is 7.44. The molecule has 0 aliphatic heterocycles. The maximum absolute atomic E-state index is 5.28. The average Bonchev–Trinajstić information content (AvgIpc) is 1.89. The van der Waals surface area contributed by atoms with E-state index in [0.29, 0.717) is 0 Å². The summed E-state index contributed by atoms with van der Waals surface area (Å²) in [7, 11) is -0.415. The van der Waals surface area contributed by atoms with Gasteiger partial charge in [-0.05, 0) is 26.4 Å². The van der Waals surface area contributed by atoms with Crippen molar-refractivity contribution in [3.63, 3.8) is 0 Å². The van der Waals surface area contributed by atoms with Gasteiger partial charge in [0.1, 0.15) is 0 Å². The van der Waals surface area contributed by atoms with Crippen LogP contribution in [0, 0.1) is 0 Å². The van der Waals surface area contributed by atoms with Gasteiger partial charge in [0, 0.05) is 6.61 Å². The van der Waals surface area contributed by atoms with Crippen LogP contribution in [0.5, 0.6) is 0 Å². The van der Waals surface area contributed by atoms with Crippen LogP contribution in [0.1, 0.15) is 13.3 Å². The lowest BCUT2D eigenvalue weighted by molar-refractivity contribution is 0.352. The Morgan fingerprint density at radius 3 is 3.00 bits per heavy atom. The molecule has 0 aromatic heterocycles. The highest BCUT2D eigenvalue weighted by Crippen LogP contribution is 1.68. The minimum absolute atomic E-state index is 0.415. The van der Waals surface area contributed by atoms with Gasteiger partial charge in [-0.1, -0.05) is 0 Å². The third-order valence-corrected chi connectivity index (χ3v) is 2.14. The quantitative estimate of drug-likeness (QED) is 0.374. The van der Waals surface area contributed by atoms with Crippen LogP contribution in [-0.2, 0) is 4.43 Å². The first-order valence-corrected chi connectivity index (χ1v) is 4.68. The minimum atomic E-state index is -0.415. The Bertz CT molecular complexity index is 48.2. The Hall–Kier alpha value is 0.0969. The topological polar surface area (TPSA) is 47.3 Å². The van der Waals surface area contributed by atoms with Crippen molar-refractivity contribution in [2.24, 2.45) is 5.73 Å². The first-order valence-electron chi connectivity index (χ1n) is 3.40. The third-order valence-electron chi connectivity index (χ3n) is 0.966. The predicted molar refractivity (Wildman–Crippen MR) is 41.8 cm³/mol. The van der Waals surface area contributed by atoms with Crippen molar-refractivity contribution in [3.05, 3.63) is 0 Å². The molecule has 3 N–H and O–H groups in total. The molecular formula is C5H16N2OSi. The van der Waals surface area contributed by atoms with Crippen LogP contribution < -0.4 is 10.7 Å². The van der Waals surface area contributed by atoms with E-state index >= 15 is 0 Å². The molecule has 0 aromatic carbocycles. The first kappa shape index (κ1) is 9.10. The van der Waals surface area contributed by atoms with E-state index in [-0.39, 0.29) is 0 Å². The largest absolute Gasteiger partial charge is 0.409 e. The van der Waals surface area contributed by atoms with Gasteiger partial charge in [0.05, 0.1) is 0 Å². The van der Waals surface area contributed by atoms with Crippen molar-refractivity contribution in [2.45, 2.75) is 13.3 Å². The molecule has 4 heteroatoms. The van der Waals surface area contributed by atoms with E-state index < -0.39 is 9.92 Å². The SMILES string of the molecule is CCO[SiH2]NCCCN. The smallest absolute Gasteiger partial charge is 0.235 e. The Balaban J connectivity index is 2.60. The third kappa shape index (κ3) is 8.10. The van der Waals surface area contributed by atoms with E-state index in [1.165, 1.54) is 0 Å². The normalized spacial score (nSPS) is 11.3. The lowest BCUT2D eigenvalue weighted by Crippen LogP contribution is -2.24. The lowest BCUT2D eigenvalue weighted by Gasteiger charge is -2.00. The maximum atomic E-state index is 5.28. The fourth-order valence-electron chi connectivity index (χ4n) is 0.473. The highest BCUT2D eigenvalue weighted by Gasteiger charge is 1.84. The van der Waals surface area contributed by atoms with Crippen LogP contribution in [-0.4, -0.2) is 29.6 Å². The number of nitrogens with one attached hydrogen (secondary N) is 1. The molecule has 0 fully saturated rings. The van der Waals surface area contributed by atoms with Crippen molar-refractivity contribution < 1.29 is 4.43 Å². The summed E-state index contributed by atoms with van der Waals surface area (Å²) in [5.41, 5.74) is 5.28. The van der Waals surface area contributed by atoms with Gasteiger partial charge in [-0.15, -0.1) is 0 Å². The van der Waals surface area contributed by atoms with E-state index in [4.69, 9.17) is 10.2 Å². The van der Waals surface area contributed by atoms with Gasteiger partial charge in [-0.3, -0.25) is 0 Å². The Labute approximate surface area is 59.0 Å². The molecule has 0 radical (unpaired) electrons. The fraction of sp³-hybridized carbons (Fsp3) is 1.00. The summed E-state index contributed by atoms with van der Waals surface area (Å²) in [5, 5.41) is 0. The Kier molecular flexibility index (Phi) is 8.18. The first-order chi connectivity index (χ1) is 4.41. The van der Waals surface area contributed by atoms with E-state index in [0.717, 1.165) is 26.1 Å². The molecule has 0 aromatic rings. The highest BCUT2D eigenvalue weighted by molar-refractivity contribution is 6.23. The summed E-state index contributed by atoms with van der Waals surface area (Å²) < 4.78 is 5.17. The maximum Gasteiger partial charge on any atom is 0.235 e. The molecular weight excluding hydrogens is 132 g/mol. The molecule has 0 atom stereocenters. The van der Waals surface area contributed by atoms with Crippen LogP contribution in [0.2, 0.25) is 0 Å². The van der Waals surface area contributed by atoms with E-state index in [9.17, 15) is 0 Å². The Morgan fingerprint density at radius 1 is 1.67 bits per heavy atom. The summed E-state index contributed by atoms with van der Waals surface area (Å²) in [5.74, 6) is 0. The zero-order valence-electron chi connectivity index (χ0n) is 6.02. The van der Waals surface area contributed by atoms with Crippen LogP contribution in [0.15, 0.2) is 0 Å². The number of rotatable bonds is 6. The van der Waals surface area contributed by atoms with Gasteiger partial charge in [0.25, 0.3) is 0 Å². The second-order valence-electron chi connectivity index (χ2n) is 1.78. The molecule has 0 rings (SSSR count). The van der Waals surface area contributed by atoms with Gasteiger partial charge in [0.2, 0.25) is 9.92 Å². The fourth-order valence-corrected chi connectivity index (χ4v) is 1.22. The molecule has 0 spiro atoms. The molecule has 0 saturated carbocycles. The lowest BCUT2D eigenvalue weighted by atomic mass is 10.4. The van der Waals surface area contributed by atoms with Crippen molar-refractivity contribution in [2.75, 3.05) is 19.7 Å². The van der Waals surface area contributed by atoms with Crippen LogP contribution in [0.4, 0.5) is 0 Å². The zero-order chi connectivity index (χ0) is 6.95. The van der Waals surface area contributed by atoms with Gasteiger partial charge in [-0.2, -0.15) is 0 Å². The molecule has 0 amide bonds. The molecule has 0 heterocycles. The molecule has 9 heavy (non-hydrogen) atoms. The molecule has 0 saturated heterocycles. The molecule has 0 aliphatic rings. The molecule has 0 aliphatic carbocycles. The average molecular weight is 148 g/mol. The molecule has 0 unspecified atom stereocenters. The predicted octanol–water partition coefficient (Wildman–Crippen LogP) is -1.04. The second kappa shape index (κ2) is 8.10.